The van der Waals surface area contributed by atoms with E-state index in [9.17, 15) is 4.79 Å². The maximum atomic E-state index is 11.6. The molecule has 0 aliphatic carbocycles. The number of cyclic esters (lactones) is 1. The van der Waals surface area contributed by atoms with Crippen molar-refractivity contribution in [3.8, 4) is 0 Å². The van der Waals surface area contributed by atoms with Gasteiger partial charge in [-0.2, -0.15) is 0 Å². The summed E-state index contributed by atoms with van der Waals surface area (Å²) in [5.41, 5.74) is 2.29. The van der Waals surface area contributed by atoms with Crippen LogP contribution in [0.4, 0.5) is 4.79 Å². The molecule has 1 unspecified atom stereocenters. The van der Waals surface area contributed by atoms with Crippen molar-refractivity contribution in [2.75, 3.05) is 32.8 Å². The number of amides is 1. The highest BCUT2D eigenvalue weighted by molar-refractivity contribution is 5.76. The largest absolute Gasteiger partial charge is 0.448 e. The van der Waals surface area contributed by atoms with Crippen LogP contribution in [0.2, 0.25) is 0 Å². The van der Waals surface area contributed by atoms with Gasteiger partial charge in [-0.05, 0) is 38.4 Å². The molecule has 1 aromatic carbocycles. The number of ether oxygens (including phenoxy) is 1. The van der Waals surface area contributed by atoms with E-state index in [0.29, 0.717) is 19.2 Å². The molecule has 1 amide bonds. The average Bonchev–Trinajstić information content (AvgIpc) is 3.30. The van der Waals surface area contributed by atoms with Crippen LogP contribution >= 0.6 is 0 Å². The van der Waals surface area contributed by atoms with Crippen LogP contribution in [0, 0.1) is 0 Å². The number of fused-ring (bicyclic) bond motifs is 1. The highest BCUT2D eigenvalue weighted by Crippen LogP contribution is 2.33. The molecule has 2 aromatic rings. The lowest BCUT2D eigenvalue weighted by Gasteiger charge is -2.26. The molecular weight excluding hydrogens is 304 g/mol. The fraction of sp³-hybridized carbons (Fsp3) is 0.556. The first-order valence-electron chi connectivity index (χ1n) is 8.89. The molecule has 2 fully saturated rings. The monoisotopic (exact) mass is 328 g/mol. The molecule has 0 N–H and O–H groups in total. The van der Waals surface area contributed by atoms with Crippen LogP contribution in [0.1, 0.15) is 31.6 Å². The van der Waals surface area contributed by atoms with Gasteiger partial charge in [-0.25, -0.2) is 9.78 Å². The molecule has 4 rings (SSSR count). The molecule has 2 aliphatic heterocycles. The standard InChI is InChI=1S/C18H24N4O2/c1-2-22-15-7-4-3-6-14(15)19-17(22)16-8-5-9-20(16)10-11-21-12-13-24-18(21)23/h3-4,6-7,16H,2,5,8-13H2,1H3. The van der Waals surface area contributed by atoms with Gasteiger partial charge in [0.25, 0.3) is 0 Å². The van der Waals surface area contributed by atoms with Gasteiger partial charge in [0.1, 0.15) is 12.4 Å². The number of carbonyl (C=O) groups excluding carboxylic acids is 1. The molecule has 2 saturated heterocycles. The van der Waals surface area contributed by atoms with Gasteiger partial charge >= 0.3 is 6.09 Å². The maximum absolute atomic E-state index is 11.6. The van der Waals surface area contributed by atoms with Crippen LogP contribution in [0.3, 0.4) is 0 Å². The first-order chi connectivity index (χ1) is 11.8. The van der Waals surface area contributed by atoms with Gasteiger partial charge in [-0.1, -0.05) is 12.1 Å². The number of aryl methyl sites for hydroxylation is 1. The number of hydrogen-bond acceptors (Lipinski definition) is 4. The van der Waals surface area contributed by atoms with Gasteiger partial charge in [0.15, 0.2) is 0 Å². The summed E-state index contributed by atoms with van der Waals surface area (Å²) in [6.07, 6.45) is 2.14. The molecule has 0 spiro atoms. The molecule has 0 saturated carbocycles. The molecule has 6 heteroatoms. The van der Waals surface area contributed by atoms with E-state index >= 15 is 0 Å². The van der Waals surface area contributed by atoms with E-state index in [1.165, 1.54) is 17.8 Å². The average molecular weight is 328 g/mol. The summed E-state index contributed by atoms with van der Waals surface area (Å²) in [7, 11) is 0. The van der Waals surface area contributed by atoms with Gasteiger partial charge in [0.2, 0.25) is 0 Å². The van der Waals surface area contributed by atoms with Gasteiger partial charge in [0.05, 0.1) is 23.6 Å². The summed E-state index contributed by atoms with van der Waals surface area (Å²) in [6, 6.07) is 8.70. The van der Waals surface area contributed by atoms with E-state index < -0.39 is 0 Å². The minimum Gasteiger partial charge on any atom is -0.448 e. The van der Waals surface area contributed by atoms with E-state index in [1.54, 1.807) is 4.90 Å². The van der Waals surface area contributed by atoms with Crippen molar-refractivity contribution in [1.82, 2.24) is 19.4 Å². The van der Waals surface area contributed by atoms with Crippen LogP contribution in [0.25, 0.3) is 11.0 Å². The number of likely N-dealkylation sites (tertiary alicyclic amines) is 1. The van der Waals surface area contributed by atoms with Crippen molar-refractivity contribution in [1.29, 1.82) is 0 Å². The van der Waals surface area contributed by atoms with Crippen molar-refractivity contribution in [2.45, 2.75) is 32.4 Å². The lowest BCUT2D eigenvalue weighted by Crippen LogP contribution is -2.36. The maximum Gasteiger partial charge on any atom is 0.409 e. The Kier molecular flexibility index (Phi) is 4.14. The Balaban J connectivity index is 1.55. The Bertz CT molecular complexity index is 742. The van der Waals surface area contributed by atoms with Gasteiger partial charge < -0.3 is 14.2 Å². The molecule has 128 valence electrons. The third-order valence-electron chi connectivity index (χ3n) is 5.16. The van der Waals surface area contributed by atoms with Gasteiger partial charge in [0, 0.05) is 19.6 Å². The zero-order valence-electron chi connectivity index (χ0n) is 14.1. The van der Waals surface area contributed by atoms with E-state index in [0.717, 1.165) is 38.1 Å². The number of benzene rings is 1. The quantitative estimate of drug-likeness (QED) is 0.847. The number of rotatable bonds is 5. The molecule has 0 bridgehead atoms. The second-order valence-corrected chi connectivity index (χ2v) is 6.50. The summed E-state index contributed by atoms with van der Waals surface area (Å²) >= 11 is 0. The highest BCUT2D eigenvalue weighted by Gasteiger charge is 2.31. The first kappa shape index (κ1) is 15.4. The summed E-state index contributed by atoms with van der Waals surface area (Å²) < 4.78 is 7.36. The predicted octanol–water partition coefficient (Wildman–Crippen LogP) is 2.65. The highest BCUT2D eigenvalue weighted by atomic mass is 16.6. The second kappa shape index (κ2) is 6.43. The lowest BCUT2D eigenvalue weighted by molar-refractivity contribution is 0.151. The zero-order valence-corrected chi connectivity index (χ0v) is 14.1. The first-order valence-corrected chi connectivity index (χ1v) is 8.89. The molecule has 6 nitrogen and oxygen atoms in total. The van der Waals surface area contributed by atoms with Gasteiger partial charge in [-0.15, -0.1) is 0 Å². The number of nitrogens with zero attached hydrogens (tertiary/aromatic N) is 4. The van der Waals surface area contributed by atoms with Crippen molar-refractivity contribution in [3.63, 3.8) is 0 Å². The lowest BCUT2D eigenvalue weighted by atomic mass is 10.2. The van der Waals surface area contributed by atoms with E-state index in [-0.39, 0.29) is 6.09 Å². The van der Waals surface area contributed by atoms with Crippen molar-refractivity contribution in [2.24, 2.45) is 0 Å². The SMILES string of the molecule is CCn1c(C2CCCN2CCN2CCOC2=O)nc2ccccc21. The van der Waals surface area contributed by atoms with Crippen LogP contribution in [-0.4, -0.2) is 58.2 Å². The minimum atomic E-state index is -0.174. The molecule has 2 aliphatic rings. The van der Waals surface area contributed by atoms with Gasteiger partial charge in [-0.3, -0.25) is 4.90 Å². The van der Waals surface area contributed by atoms with Crippen molar-refractivity contribution < 1.29 is 9.53 Å². The fourth-order valence-electron chi connectivity index (χ4n) is 3.95. The van der Waals surface area contributed by atoms with Crippen molar-refractivity contribution in [3.05, 3.63) is 30.1 Å². The van der Waals surface area contributed by atoms with Crippen molar-refractivity contribution >= 4 is 17.1 Å². The van der Waals surface area contributed by atoms with Crippen LogP contribution in [-0.2, 0) is 11.3 Å². The minimum absolute atomic E-state index is 0.174. The second-order valence-electron chi connectivity index (χ2n) is 6.50. The van der Waals surface area contributed by atoms with Crippen LogP contribution in [0.5, 0.6) is 0 Å². The molecule has 24 heavy (non-hydrogen) atoms. The van der Waals surface area contributed by atoms with E-state index in [4.69, 9.17) is 9.72 Å². The molecule has 1 aromatic heterocycles. The molecular formula is C18H24N4O2. The fourth-order valence-corrected chi connectivity index (χ4v) is 3.95. The normalized spacial score (nSPS) is 21.8. The van der Waals surface area contributed by atoms with E-state index in [1.807, 2.05) is 6.07 Å². The molecule has 1 atom stereocenters. The molecule has 0 radical (unpaired) electrons. The smallest absolute Gasteiger partial charge is 0.409 e. The Morgan fingerprint density at radius 1 is 1.25 bits per heavy atom. The number of aromatic nitrogens is 2. The number of para-hydroxylation sites is 2. The summed E-state index contributed by atoms with van der Waals surface area (Å²) in [5.74, 6) is 1.17. The predicted molar refractivity (Wildman–Crippen MR) is 91.9 cm³/mol. The third-order valence-corrected chi connectivity index (χ3v) is 5.16. The van der Waals surface area contributed by atoms with Crippen LogP contribution in [0.15, 0.2) is 24.3 Å². The summed E-state index contributed by atoms with van der Waals surface area (Å²) in [5, 5.41) is 0. The number of carbonyl (C=O) groups is 1. The van der Waals surface area contributed by atoms with Crippen LogP contribution < -0.4 is 0 Å². The van der Waals surface area contributed by atoms with E-state index in [2.05, 4.69) is 34.6 Å². The zero-order chi connectivity index (χ0) is 16.5. The number of imidazole rings is 1. The third kappa shape index (κ3) is 2.65. The summed E-state index contributed by atoms with van der Waals surface area (Å²) in [6.45, 7) is 7.03. The summed E-state index contributed by atoms with van der Waals surface area (Å²) in [4.78, 5) is 20.8. The Morgan fingerprint density at radius 2 is 2.12 bits per heavy atom. The molecule has 3 heterocycles. The topological polar surface area (TPSA) is 50.6 Å². The Labute approximate surface area is 142 Å². The Morgan fingerprint density at radius 3 is 2.92 bits per heavy atom. The Hall–Kier alpha value is -2.08. The number of hydrogen-bond donors (Lipinski definition) is 0.